The van der Waals surface area contributed by atoms with Crippen molar-refractivity contribution in [2.45, 2.75) is 45.6 Å². The molecule has 122 valence electrons. The van der Waals surface area contributed by atoms with E-state index in [0.717, 1.165) is 23.7 Å². The Bertz CT molecular complexity index is 482. The fourth-order valence-corrected chi connectivity index (χ4v) is 3.25. The number of rotatable bonds is 5. The molecule has 2 rings (SSSR count). The average Bonchev–Trinajstić information content (AvgIpc) is 2.78. The zero-order valence-corrected chi connectivity index (χ0v) is 14.4. The SMILES string of the molecule is CC(C)C(=O)NCC(c1ccccc1Cl)N1CCCCCC1. The van der Waals surface area contributed by atoms with Crippen molar-refractivity contribution in [2.24, 2.45) is 5.92 Å². The summed E-state index contributed by atoms with van der Waals surface area (Å²) in [7, 11) is 0. The summed E-state index contributed by atoms with van der Waals surface area (Å²) in [5.41, 5.74) is 1.12. The molecule has 1 aromatic rings. The first-order valence-corrected chi connectivity index (χ1v) is 8.73. The summed E-state index contributed by atoms with van der Waals surface area (Å²) < 4.78 is 0. The van der Waals surface area contributed by atoms with Crippen LogP contribution in [0.3, 0.4) is 0 Å². The summed E-state index contributed by atoms with van der Waals surface area (Å²) in [6.07, 6.45) is 5.03. The summed E-state index contributed by atoms with van der Waals surface area (Å²) in [5, 5.41) is 3.87. The lowest BCUT2D eigenvalue weighted by atomic mass is 10.0. The molecule has 1 fully saturated rings. The molecule has 0 saturated carbocycles. The number of nitrogens with zero attached hydrogens (tertiary/aromatic N) is 1. The molecule has 3 nitrogen and oxygen atoms in total. The molecule has 1 unspecified atom stereocenters. The van der Waals surface area contributed by atoms with Crippen molar-refractivity contribution < 1.29 is 4.79 Å². The molecule has 1 heterocycles. The molecule has 0 bridgehead atoms. The van der Waals surface area contributed by atoms with Gasteiger partial charge >= 0.3 is 0 Å². The third-order valence-corrected chi connectivity index (χ3v) is 4.68. The largest absolute Gasteiger partial charge is 0.354 e. The third-order valence-electron chi connectivity index (χ3n) is 4.34. The second-order valence-electron chi connectivity index (χ2n) is 6.39. The minimum Gasteiger partial charge on any atom is -0.354 e. The minimum absolute atomic E-state index is 0.0102. The van der Waals surface area contributed by atoms with Gasteiger partial charge in [0, 0.05) is 17.5 Å². The lowest BCUT2D eigenvalue weighted by molar-refractivity contribution is -0.124. The first-order valence-electron chi connectivity index (χ1n) is 8.35. The number of amides is 1. The smallest absolute Gasteiger partial charge is 0.222 e. The van der Waals surface area contributed by atoms with Gasteiger partial charge in [-0.25, -0.2) is 0 Å². The van der Waals surface area contributed by atoms with Crippen LogP contribution >= 0.6 is 11.6 Å². The van der Waals surface area contributed by atoms with Crippen LogP contribution in [-0.4, -0.2) is 30.4 Å². The number of carbonyl (C=O) groups excluding carboxylic acids is 1. The molecule has 22 heavy (non-hydrogen) atoms. The van der Waals surface area contributed by atoms with Crippen LogP contribution in [-0.2, 0) is 4.79 Å². The molecule has 1 aliphatic rings. The zero-order chi connectivity index (χ0) is 15.9. The van der Waals surface area contributed by atoms with Crippen molar-refractivity contribution >= 4 is 17.5 Å². The van der Waals surface area contributed by atoms with E-state index in [4.69, 9.17) is 11.6 Å². The molecule has 1 aliphatic heterocycles. The molecule has 1 amide bonds. The number of hydrogen-bond acceptors (Lipinski definition) is 2. The maximum atomic E-state index is 12.0. The van der Waals surface area contributed by atoms with Crippen molar-refractivity contribution in [1.29, 1.82) is 0 Å². The summed E-state index contributed by atoms with van der Waals surface area (Å²) in [5.74, 6) is 0.114. The highest BCUT2D eigenvalue weighted by Gasteiger charge is 2.24. The highest BCUT2D eigenvalue weighted by molar-refractivity contribution is 6.31. The Labute approximate surface area is 139 Å². The van der Waals surface area contributed by atoms with Gasteiger partial charge in [-0.15, -0.1) is 0 Å². The Kier molecular flexibility index (Phi) is 6.71. The van der Waals surface area contributed by atoms with E-state index in [9.17, 15) is 4.79 Å². The van der Waals surface area contributed by atoms with Crippen molar-refractivity contribution in [3.8, 4) is 0 Å². The number of carbonyl (C=O) groups is 1. The van der Waals surface area contributed by atoms with E-state index in [-0.39, 0.29) is 17.9 Å². The van der Waals surface area contributed by atoms with Crippen LogP contribution < -0.4 is 5.32 Å². The van der Waals surface area contributed by atoms with Gasteiger partial charge in [-0.3, -0.25) is 9.69 Å². The third kappa shape index (κ3) is 4.72. The van der Waals surface area contributed by atoms with Gasteiger partial charge in [0.05, 0.1) is 6.04 Å². The Morgan fingerprint density at radius 1 is 1.18 bits per heavy atom. The van der Waals surface area contributed by atoms with E-state index in [2.05, 4.69) is 16.3 Å². The number of nitrogens with one attached hydrogen (secondary N) is 1. The summed E-state index contributed by atoms with van der Waals surface area (Å²) in [6.45, 7) is 6.62. The van der Waals surface area contributed by atoms with Crippen molar-refractivity contribution in [1.82, 2.24) is 10.2 Å². The van der Waals surface area contributed by atoms with E-state index in [1.165, 1.54) is 25.7 Å². The normalized spacial score (nSPS) is 18.0. The van der Waals surface area contributed by atoms with Gasteiger partial charge in [0.2, 0.25) is 5.91 Å². The fourth-order valence-electron chi connectivity index (χ4n) is 2.99. The molecular weight excluding hydrogens is 296 g/mol. The van der Waals surface area contributed by atoms with Crippen LogP contribution in [0.25, 0.3) is 0 Å². The van der Waals surface area contributed by atoms with Gasteiger partial charge in [0.15, 0.2) is 0 Å². The predicted molar refractivity (Wildman–Crippen MR) is 92.1 cm³/mol. The molecule has 4 heteroatoms. The van der Waals surface area contributed by atoms with Gasteiger partial charge in [0.25, 0.3) is 0 Å². The zero-order valence-electron chi connectivity index (χ0n) is 13.6. The Balaban J connectivity index is 2.16. The molecule has 1 atom stereocenters. The van der Waals surface area contributed by atoms with Gasteiger partial charge < -0.3 is 5.32 Å². The standard InChI is InChI=1S/C18H27ClN2O/c1-14(2)18(22)20-13-17(15-9-5-6-10-16(15)19)21-11-7-3-4-8-12-21/h5-6,9-10,14,17H,3-4,7-8,11-13H2,1-2H3,(H,20,22). The molecule has 1 aromatic carbocycles. The first-order chi connectivity index (χ1) is 10.6. The van der Waals surface area contributed by atoms with Gasteiger partial charge in [-0.1, -0.05) is 56.5 Å². The monoisotopic (exact) mass is 322 g/mol. The molecular formula is C18H27ClN2O. The van der Waals surface area contributed by atoms with E-state index < -0.39 is 0 Å². The number of benzene rings is 1. The topological polar surface area (TPSA) is 32.3 Å². The van der Waals surface area contributed by atoms with E-state index in [0.29, 0.717) is 6.54 Å². The lowest BCUT2D eigenvalue weighted by Gasteiger charge is -2.32. The fraction of sp³-hybridized carbons (Fsp3) is 0.611. The predicted octanol–water partition coefficient (Wildman–Crippen LogP) is 4.03. The van der Waals surface area contributed by atoms with Gasteiger partial charge in [-0.2, -0.15) is 0 Å². The number of likely N-dealkylation sites (tertiary alicyclic amines) is 1. The van der Waals surface area contributed by atoms with E-state index in [1.807, 2.05) is 32.0 Å². The maximum absolute atomic E-state index is 12.0. The van der Waals surface area contributed by atoms with Crippen LogP contribution in [0.2, 0.25) is 5.02 Å². The molecule has 1 saturated heterocycles. The quantitative estimate of drug-likeness (QED) is 0.887. The molecule has 0 spiro atoms. The minimum atomic E-state index is 0.0102. The van der Waals surface area contributed by atoms with Crippen molar-refractivity contribution in [3.63, 3.8) is 0 Å². The first kappa shape index (κ1) is 17.3. The average molecular weight is 323 g/mol. The molecule has 1 N–H and O–H groups in total. The molecule has 0 aromatic heterocycles. The van der Waals surface area contributed by atoms with E-state index in [1.54, 1.807) is 0 Å². The van der Waals surface area contributed by atoms with Crippen LogP contribution in [0.5, 0.6) is 0 Å². The summed E-state index contributed by atoms with van der Waals surface area (Å²) in [6, 6.07) is 8.16. The summed E-state index contributed by atoms with van der Waals surface area (Å²) >= 11 is 6.42. The maximum Gasteiger partial charge on any atom is 0.222 e. The second-order valence-corrected chi connectivity index (χ2v) is 6.79. The Hall–Kier alpha value is -1.06. The Morgan fingerprint density at radius 3 is 2.41 bits per heavy atom. The van der Waals surface area contributed by atoms with Crippen LogP contribution in [0, 0.1) is 5.92 Å². The molecule has 0 radical (unpaired) electrons. The van der Waals surface area contributed by atoms with Crippen LogP contribution in [0.15, 0.2) is 24.3 Å². The number of hydrogen-bond donors (Lipinski definition) is 1. The summed E-state index contributed by atoms with van der Waals surface area (Å²) in [4.78, 5) is 14.4. The second kappa shape index (κ2) is 8.54. The molecule has 0 aliphatic carbocycles. The Morgan fingerprint density at radius 2 is 1.82 bits per heavy atom. The van der Waals surface area contributed by atoms with E-state index >= 15 is 0 Å². The van der Waals surface area contributed by atoms with Crippen molar-refractivity contribution in [3.05, 3.63) is 34.9 Å². The van der Waals surface area contributed by atoms with Crippen LogP contribution in [0.1, 0.15) is 51.1 Å². The van der Waals surface area contributed by atoms with Crippen LogP contribution in [0.4, 0.5) is 0 Å². The highest BCUT2D eigenvalue weighted by Crippen LogP contribution is 2.29. The van der Waals surface area contributed by atoms with Crippen molar-refractivity contribution in [2.75, 3.05) is 19.6 Å². The highest BCUT2D eigenvalue weighted by atomic mass is 35.5. The lowest BCUT2D eigenvalue weighted by Crippen LogP contribution is -2.40. The van der Waals surface area contributed by atoms with Gasteiger partial charge in [-0.05, 0) is 37.6 Å². The van der Waals surface area contributed by atoms with Gasteiger partial charge in [0.1, 0.15) is 0 Å². The number of halogens is 1.